The van der Waals surface area contributed by atoms with Gasteiger partial charge in [0.05, 0.1) is 17.4 Å². The van der Waals surface area contributed by atoms with Crippen LogP contribution in [0.1, 0.15) is 13.8 Å². The zero-order valence-electron chi connectivity index (χ0n) is 8.05. The van der Waals surface area contributed by atoms with E-state index in [0.29, 0.717) is 6.54 Å². The Hall–Kier alpha value is -1.08. The molecule has 0 bridgehead atoms. The molecule has 1 aliphatic rings. The SMILES string of the molecule is CC(C)(C#N)CNC(=O)C1CNC1. The predicted octanol–water partition coefficient (Wildman–Crippen LogP) is -0.128. The molecule has 1 rings (SSSR count). The molecule has 1 aliphatic heterocycles. The molecule has 0 saturated carbocycles. The van der Waals surface area contributed by atoms with E-state index in [1.165, 1.54) is 0 Å². The van der Waals surface area contributed by atoms with Crippen LogP contribution in [0.3, 0.4) is 0 Å². The highest BCUT2D eigenvalue weighted by molar-refractivity contribution is 5.80. The lowest BCUT2D eigenvalue weighted by Crippen LogP contribution is -2.51. The van der Waals surface area contributed by atoms with Crippen LogP contribution < -0.4 is 10.6 Å². The van der Waals surface area contributed by atoms with Crippen LogP contribution in [0.5, 0.6) is 0 Å². The average Bonchev–Trinajstić information content (AvgIpc) is 1.98. The highest BCUT2D eigenvalue weighted by Crippen LogP contribution is 2.11. The van der Waals surface area contributed by atoms with Crippen LogP contribution in [-0.2, 0) is 4.79 Å². The van der Waals surface area contributed by atoms with Crippen LogP contribution in [0.2, 0.25) is 0 Å². The minimum absolute atomic E-state index is 0.0575. The highest BCUT2D eigenvalue weighted by atomic mass is 16.2. The van der Waals surface area contributed by atoms with Crippen molar-refractivity contribution in [2.24, 2.45) is 11.3 Å². The van der Waals surface area contributed by atoms with Gasteiger partial charge < -0.3 is 10.6 Å². The lowest BCUT2D eigenvalue weighted by molar-refractivity contribution is -0.126. The highest BCUT2D eigenvalue weighted by Gasteiger charge is 2.26. The largest absolute Gasteiger partial charge is 0.354 e. The van der Waals surface area contributed by atoms with E-state index in [0.717, 1.165) is 13.1 Å². The molecule has 1 heterocycles. The van der Waals surface area contributed by atoms with Crippen molar-refractivity contribution in [3.63, 3.8) is 0 Å². The first kappa shape index (κ1) is 10.0. The third-order valence-electron chi connectivity index (χ3n) is 2.16. The van der Waals surface area contributed by atoms with Crippen LogP contribution >= 0.6 is 0 Å². The molecule has 0 aliphatic carbocycles. The van der Waals surface area contributed by atoms with Crippen LogP contribution in [-0.4, -0.2) is 25.5 Å². The first-order chi connectivity index (χ1) is 6.05. The summed E-state index contributed by atoms with van der Waals surface area (Å²) < 4.78 is 0. The Morgan fingerprint density at radius 1 is 1.69 bits per heavy atom. The Kier molecular flexibility index (Phi) is 2.89. The number of carbonyl (C=O) groups excluding carboxylic acids is 1. The number of hydrogen-bond acceptors (Lipinski definition) is 3. The predicted molar refractivity (Wildman–Crippen MR) is 48.8 cm³/mol. The van der Waals surface area contributed by atoms with Gasteiger partial charge in [0.25, 0.3) is 0 Å². The average molecular weight is 181 g/mol. The van der Waals surface area contributed by atoms with E-state index < -0.39 is 5.41 Å². The van der Waals surface area contributed by atoms with Crippen molar-refractivity contribution in [3.05, 3.63) is 0 Å². The Bertz CT molecular complexity index is 238. The normalized spacial score (nSPS) is 17.3. The van der Waals surface area contributed by atoms with E-state index in [1.807, 2.05) is 13.8 Å². The van der Waals surface area contributed by atoms with Crippen LogP contribution in [0.4, 0.5) is 0 Å². The maximum atomic E-state index is 11.3. The molecular formula is C9H15N3O. The topological polar surface area (TPSA) is 64.9 Å². The van der Waals surface area contributed by atoms with E-state index in [-0.39, 0.29) is 11.8 Å². The van der Waals surface area contributed by atoms with Crippen LogP contribution in [0.25, 0.3) is 0 Å². The van der Waals surface area contributed by atoms with Crippen LogP contribution in [0.15, 0.2) is 0 Å². The molecule has 0 spiro atoms. The maximum Gasteiger partial charge on any atom is 0.225 e. The molecule has 4 nitrogen and oxygen atoms in total. The molecule has 4 heteroatoms. The number of carbonyl (C=O) groups is 1. The summed E-state index contributed by atoms with van der Waals surface area (Å²) in [5.74, 6) is 0.163. The summed E-state index contributed by atoms with van der Waals surface area (Å²) >= 11 is 0. The molecule has 2 N–H and O–H groups in total. The number of rotatable bonds is 3. The van der Waals surface area contributed by atoms with Gasteiger partial charge in [0.15, 0.2) is 0 Å². The third-order valence-corrected chi connectivity index (χ3v) is 2.16. The summed E-state index contributed by atoms with van der Waals surface area (Å²) in [6.45, 7) is 5.58. The molecule has 1 saturated heterocycles. The zero-order chi connectivity index (χ0) is 9.90. The lowest BCUT2D eigenvalue weighted by Gasteiger charge is -2.27. The van der Waals surface area contributed by atoms with E-state index in [2.05, 4.69) is 16.7 Å². The van der Waals surface area contributed by atoms with Crippen molar-refractivity contribution < 1.29 is 4.79 Å². The zero-order valence-corrected chi connectivity index (χ0v) is 8.05. The van der Waals surface area contributed by atoms with Gasteiger partial charge in [0.1, 0.15) is 0 Å². The Labute approximate surface area is 78.3 Å². The molecule has 0 unspecified atom stereocenters. The molecule has 0 aromatic carbocycles. The fourth-order valence-electron chi connectivity index (χ4n) is 0.966. The first-order valence-corrected chi connectivity index (χ1v) is 4.45. The standard InChI is InChI=1S/C9H15N3O/c1-9(2,5-10)6-12-8(13)7-3-11-4-7/h7,11H,3-4,6H2,1-2H3,(H,12,13). The number of nitriles is 1. The summed E-state index contributed by atoms with van der Waals surface area (Å²) in [7, 11) is 0. The van der Waals surface area contributed by atoms with Gasteiger partial charge in [-0.05, 0) is 13.8 Å². The van der Waals surface area contributed by atoms with Crippen molar-refractivity contribution in [2.45, 2.75) is 13.8 Å². The molecule has 1 fully saturated rings. The maximum absolute atomic E-state index is 11.3. The third kappa shape index (κ3) is 2.71. The number of nitrogens with zero attached hydrogens (tertiary/aromatic N) is 1. The summed E-state index contributed by atoms with van der Waals surface area (Å²) in [4.78, 5) is 11.3. The fraction of sp³-hybridized carbons (Fsp3) is 0.778. The van der Waals surface area contributed by atoms with Crippen molar-refractivity contribution in [3.8, 4) is 6.07 Å². The number of amides is 1. The first-order valence-electron chi connectivity index (χ1n) is 4.45. The van der Waals surface area contributed by atoms with Crippen molar-refractivity contribution >= 4 is 5.91 Å². The Morgan fingerprint density at radius 2 is 2.31 bits per heavy atom. The number of hydrogen-bond donors (Lipinski definition) is 2. The second-order valence-corrected chi connectivity index (χ2v) is 4.07. The smallest absolute Gasteiger partial charge is 0.225 e. The van der Waals surface area contributed by atoms with Crippen molar-refractivity contribution in [2.75, 3.05) is 19.6 Å². The Morgan fingerprint density at radius 3 is 2.69 bits per heavy atom. The van der Waals surface area contributed by atoms with Gasteiger partial charge in [0, 0.05) is 19.6 Å². The van der Waals surface area contributed by atoms with Crippen molar-refractivity contribution in [1.82, 2.24) is 10.6 Å². The summed E-state index contributed by atoms with van der Waals surface area (Å²) in [6.07, 6.45) is 0. The lowest BCUT2D eigenvalue weighted by atomic mass is 9.95. The second-order valence-electron chi connectivity index (χ2n) is 4.07. The monoisotopic (exact) mass is 181 g/mol. The van der Waals surface area contributed by atoms with Crippen LogP contribution in [0, 0.1) is 22.7 Å². The minimum Gasteiger partial charge on any atom is -0.354 e. The molecule has 0 aromatic heterocycles. The summed E-state index contributed by atoms with van der Waals surface area (Å²) in [5, 5.41) is 14.5. The minimum atomic E-state index is -0.465. The second kappa shape index (κ2) is 3.75. The molecule has 0 aromatic rings. The van der Waals surface area contributed by atoms with Gasteiger partial charge in [-0.25, -0.2) is 0 Å². The molecule has 13 heavy (non-hydrogen) atoms. The van der Waals surface area contributed by atoms with Crippen molar-refractivity contribution in [1.29, 1.82) is 5.26 Å². The van der Waals surface area contributed by atoms with Gasteiger partial charge in [-0.3, -0.25) is 4.79 Å². The summed E-state index contributed by atoms with van der Waals surface area (Å²) in [6, 6.07) is 2.14. The summed E-state index contributed by atoms with van der Waals surface area (Å²) in [5.41, 5.74) is -0.465. The van der Waals surface area contributed by atoms with E-state index in [4.69, 9.17) is 5.26 Å². The molecule has 1 amide bonds. The van der Waals surface area contributed by atoms with Gasteiger partial charge in [-0.15, -0.1) is 0 Å². The van der Waals surface area contributed by atoms with Gasteiger partial charge in [-0.2, -0.15) is 5.26 Å². The quantitative estimate of drug-likeness (QED) is 0.637. The van der Waals surface area contributed by atoms with E-state index in [9.17, 15) is 4.79 Å². The molecule has 0 radical (unpaired) electrons. The van der Waals surface area contributed by atoms with Gasteiger partial charge >= 0.3 is 0 Å². The molecular weight excluding hydrogens is 166 g/mol. The molecule has 0 atom stereocenters. The Balaban J connectivity index is 2.26. The van der Waals surface area contributed by atoms with Gasteiger partial charge in [-0.1, -0.05) is 0 Å². The van der Waals surface area contributed by atoms with Gasteiger partial charge in [0.2, 0.25) is 5.91 Å². The number of nitrogens with one attached hydrogen (secondary N) is 2. The van der Waals surface area contributed by atoms with E-state index >= 15 is 0 Å². The molecule has 72 valence electrons. The fourth-order valence-corrected chi connectivity index (χ4v) is 0.966. The van der Waals surface area contributed by atoms with E-state index in [1.54, 1.807) is 0 Å².